The zero-order valence-corrected chi connectivity index (χ0v) is 73.5. The predicted octanol–water partition coefficient (Wildman–Crippen LogP) is 22.7. The molecule has 0 atom stereocenters. The number of rotatable bonds is 10. The molecule has 37 heteroatoms. The molecule has 0 amide bonds. The number of oxazole rings is 2. The second-order valence-corrected chi connectivity index (χ2v) is 34.4. The Labute approximate surface area is 736 Å². The van der Waals surface area contributed by atoms with Gasteiger partial charge in [0.25, 0.3) is 12.0 Å². The summed E-state index contributed by atoms with van der Waals surface area (Å²) < 4.78 is 38.7. The van der Waals surface area contributed by atoms with Crippen molar-refractivity contribution < 1.29 is 47.2 Å². The van der Waals surface area contributed by atoms with Crippen LogP contribution in [-0.4, -0.2) is 78.8 Å². The fourth-order valence-corrected chi connectivity index (χ4v) is 11.3. The number of hydrogen-bond acceptors (Lipinski definition) is 21. The largest absolute Gasteiger partial charge is 0.500 e. The summed E-state index contributed by atoms with van der Waals surface area (Å²) in [6, 6.07) is 55.8. The van der Waals surface area contributed by atoms with E-state index in [0.717, 1.165) is 94.7 Å². The standard InChI is InChI=1S/C17H10N4O.C13H12BrNO2.C10H4BrClN2.C10H5BrN2O.C10H5BrN2.C8H11NO3.C7H7BN2O3.C6H6BrN.Cl3OP/c1-19-13-7-12-6-10(2-4-14(12)20-9-13)11-3-5-16-15(8-11)21-17(18)22-16;1-2-17-13(16)11(9-15)6-3-10-4-7-12(14)8-5-10;1-13-9-5-14-8-3-2-6(11)4-7(8)10(9)12;1-12-9-5-13-8-3-2-6(11)4-7(8)10(9)14;1-12-9-5-7-4-8(11)2-3-10(7)13-6-9;1-3-11-6-7(5-9)8(10)12-4-2;9-7-10-5-3-4(8(11)12)1-2-6(5)13-7;7-5-1-3-6(8)4-2-5;1-5(2,3)4/h2-9H,(H2,18,21);4-8H,2-3H2,1H3;2-5H;2-5H,(H,13,14);2-6H;6H,3-4H2,1-2H3;1-3,11-12H,(H2,9,10);1-4H,8H2;/b;11-6+;;;;7-6-;;;. The van der Waals surface area contributed by atoms with Gasteiger partial charge in [-0.15, -0.1) is 0 Å². The number of ether oxygens (including phenoxy) is 3. The van der Waals surface area contributed by atoms with Gasteiger partial charge in [0, 0.05) is 69.1 Å². The number of anilines is 3. The zero-order valence-electron chi connectivity index (χ0n) is 61.6. The van der Waals surface area contributed by atoms with Gasteiger partial charge in [0.2, 0.25) is 22.7 Å². The minimum Gasteiger partial charge on any atom is -0.500 e. The number of pyridine rings is 4. The lowest BCUT2D eigenvalue weighted by Gasteiger charge is -2.04. The molecular formula is C81H60BBr5Cl4N15O11P. The maximum absolute atomic E-state index is 11.7. The van der Waals surface area contributed by atoms with Crippen molar-refractivity contribution in [3.8, 4) is 23.3 Å². The smallest absolute Gasteiger partial charge is 0.488 e. The number of carbonyl (C=O) groups excluding carboxylic acids is 2. The molecule has 26 nitrogen and oxygen atoms in total. The van der Waals surface area contributed by atoms with E-state index in [1.165, 1.54) is 24.5 Å². The van der Waals surface area contributed by atoms with Crippen LogP contribution >= 0.6 is 130 Å². The van der Waals surface area contributed by atoms with Crippen LogP contribution in [0.15, 0.2) is 254 Å². The van der Waals surface area contributed by atoms with Gasteiger partial charge in [0.15, 0.2) is 22.2 Å². The molecule has 8 aromatic carbocycles. The van der Waals surface area contributed by atoms with E-state index in [9.17, 15) is 18.9 Å². The number of aromatic nitrogens is 6. The van der Waals surface area contributed by atoms with E-state index in [1.54, 1.807) is 63.5 Å². The van der Waals surface area contributed by atoms with E-state index in [2.05, 4.69) is 167 Å². The average molecular weight is 2000 g/mol. The number of fused-ring (bicyclic) bond motifs is 6. The average Bonchev–Trinajstić information content (AvgIpc) is 1.29. The third-order valence-corrected chi connectivity index (χ3v) is 17.7. The molecule has 596 valence electrons. The van der Waals surface area contributed by atoms with Gasteiger partial charge in [-0.25, -0.2) is 29.0 Å². The van der Waals surface area contributed by atoms with Crippen molar-refractivity contribution in [2.24, 2.45) is 0 Å². The van der Waals surface area contributed by atoms with Gasteiger partial charge < -0.3 is 60.1 Å². The molecule has 0 unspecified atom stereocenters. The topological polar surface area (TPSA) is 386 Å². The highest BCUT2D eigenvalue weighted by Gasteiger charge is 2.15. The number of aromatic amines is 1. The van der Waals surface area contributed by atoms with Crippen molar-refractivity contribution in [3.05, 3.63) is 307 Å². The lowest BCUT2D eigenvalue weighted by atomic mass is 9.80. The van der Waals surface area contributed by atoms with Crippen molar-refractivity contribution in [3.63, 3.8) is 0 Å². The number of nitrogens with two attached hydrogens (primary N) is 3. The summed E-state index contributed by atoms with van der Waals surface area (Å²) >= 11 is 36.5. The van der Waals surface area contributed by atoms with Gasteiger partial charge >= 0.3 is 24.3 Å². The fourth-order valence-electron chi connectivity index (χ4n) is 9.41. The molecule has 0 bridgehead atoms. The maximum atomic E-state index is 11.7. The molecule has 118 heavy (non-hydrogen) atoms. The second-order valence-electron chi connectivity index (χ2n) is 22.8. The van der Waals surface area contributed by atoms with E-state index in [4.69, 9.17) is 94.0 Å². The first-order valence-electron chi connectivity index (χ1n) is 33.6. The van der Waals surface area contributed by atoms with Crippen LogP contribution in [0, 0.1) is 49.0 Å². The summed E-state index contributed by atoms with van der Waals surface area (Å²) in [5.41, 5.74) is 27.6. The maximum Gasteiger partial charge on any atom is 0.488 e. The first kappa shape index (κ1) is 95.3. The Balaban J connectivity index is 0.000000210. The molecule has 14 rings (SSSR count). The van der Waals surface area contributed by atoms with Crippen LogP contribution in [0.5, 0.6) is 0 Å². The number of esters is 2. The Hall–Kier alpha value is -11.5. The molecule has 0 radical (unpaired) electrons. The summed E-state index contributed by atoms with van der Waals surface area (Å²) in [7, 11) is -1.50. The Morgan fingerprint density at radius 3 is 1.56 bits per heavy atom. The van der Waals surface area contributed by atoms with Crippen LogP contribution < -0.4 is 28.1 Å². The molecule has 6 aromatic heterocycles. The molecule has 0 saturated carbocycles. The Morgan fingerprint density at radius 1 is 0.568 bits per heavy atom. The summed E-state index contributed by atoms with van der Waals surface area (Å²) in [5, 5.41) is 35.5. The third kappa shape index (κ3) is 31.2. The van der Waals surface area contributed by atoms with Crippen molar-refractivity contribution in [2.45, 2.75) is 27.2 Å². The van der Waals surface area contributed by atoms with E-state index >= 15 is 0 Å². The highest BCUT2D eigenvalue weighted by Crippen LogP contribution is 2.61. The quantitative estimate of drug-likeness (QED) is 0.0108. The van der Waals surface area contributed by atoms with Gasteiger partial charge in [-0.1, -0.05) is 128 Å². The number of benzene rings is 8. The van der Waals surface area contributed by atoms with Crippen molar-refractivity contribution in [1.82, 2.24) is 29.9 Å². The van der Waals surface area contributed by atoms with Crippen LogP contribution in [0.25, 0.3) is 96.3 Å². The van der Waals surface area contributed by atoms with Crippen LogP contribution in [0.4, 0.5) is 40.5 Å². The minimum atomic E-state index is -3.22. The number of nitrogens with zero attached hydrogens (tertiary/aromatic N) is 11. The molecule has 9 N–H and O–H groups in total. The van der Waals surface area contributed by atoms with Gasteiger partial charge in [-0.2, -0.15) is 20.5 Å². The number of H-pyrrole nitrogens is 1. The van der Waals surface area contributed by atoms with Gasteiger partial charge in [0.1, 0.15) is 35.0 Å². The number of allylic oxidation sites excluding steroid dienone is 1. The Bertz CT molecular complexity index is 6330. The molecule has 0 aliphatic rings. The van der Waals surface area contributed by atoms with Gasteiger partial charge in [0.05, 0.1) is 67.7 Å². The Morgan fingerprint density at radius 2 is 1.03 bits per heavy atom. The van der Waals surface area contributed by atoms with E-state index in [-0.39, 0.29) is 47.5 Å². The van der Waals surface area contributed by atoms with Crippen LogP contribution in [-0.2, 0) is 34.8 Å². The summed E-state index contributed by atoms with van der Waals surface area (Å²) in [6.45, 7) is 33.7. The summed E-state index contributed by atoms with van der Waals surface area (Å²) in [5.74, 6) is -1.21. The van der Waals surface area contributed by atoms with Crippen molar-refractivity contribution >= 4 is 261 Å². The molecule has 14 aromatic rings. The summed E-state index contributed by atoms with van der Waals surface area (Å²) in [4.78, 5) is 70.5. The molecule has 0 fully saturated rings. The molecule has 0 aliphatic heterocycles. The highest BCUT2D eigenvalue weighted by atomic mass is 79.9. The lowest BCUT2D eigenvalue weighted by molar-refractivity contribution is -0.139. The van der Waals surface area contributed by atoms with Crippen LogP contribution in [0.2, 0.25) is 5.02 Å². The molecule has 0 aliphatic carbocycles. The van der Waals surface area contributed by atoms with Crippen LogP contribution in [0.1, 0.15) is 26.3 Å². The number of nitrogens with one attached hydrogen (secondary N) is 1. The fraction of sp³-hybridized carbons (Fsp3) is 0.0864. The zero-order chi connectivity index (χ0) is 86.6. The molecular weight excluding hydrogens is 1940 g/mol. The normalized spacial score (nSPS) is 10.4. The lowest BCUT2D eigenvalue weighted by Crippen LogP contribution is -2.29. The monoisotopic (exact) mass is 1990 g/mol. The van der Waals surface area contributed by atoms with E-state index in [0.29, 0.717) is 62.6 Å². The Kier molecular flexibility index (Phi) is 39.0. The first-order chi connectivity index (χ1) is 56.3. The van der Waals surface area contributed by atoms with Crippen LogP contribution in [0.3, 0.4) is 0 Å². The predicted molar refractivity (Wildman–Crippen MR) is 482 cm³/mol. The van der Waals surface area contributed by atoms with E-state index < -0.39 is 24.3 Å². The number of hydrogen-bond donors (Lipinski definition) is 6. The number of carbonyl (C=O) groups is 2. The van der Waals surface area contributed by atoms with Gasteiger partial charge in [-0.3, -0.25) is 19.5 Å². The number of nitrogen functional groups attached to an aromatic ring is 3. The number of nitriles is 2. The second kappa shape index (κ2) is 48.2. The summed E-state index contributed by atoms with van der Waals surface area (Å²) in [6.07, 6.45) is 9.33. The minimum absolute atomic E-state index is 0.0507. The SMILES string of the molecule is CCO/C=C(/C#N)C(=O)OCC.CCOC(=O)/C(C#N)=C/Cc1ccc(Br)cc1.Nc1ccc(Br)cc1.Nc1nc2cc(B(O)O)ccc2o1.O=P(Cl)(Cl)Cl.[C-]#[N+]c1c[nH]c2ccc(Br)cc2c1=O.[C-]#[N+]c1cnc2ccc(-c3ccc4oc(N)nc4c3)cc2c1.[C-]#[N+]c1cnc2ccc(Br)cc2c1.[C-]#[N+]c1cnc2ccc(Br)cc2c1Cl. The third-order valence-electron chi connectivity index (χ3n) is 14.8. The van der Waals surface area contributed by atoms with E-state index in [1.807, 2.05) is 146 Å². The highest BCUT2D eigenvalue weighted by molar-refractivity contribution is 9.11. The first-order valence-corrected chi connectivity index (χ1v) is 42.4. The van der Waals surface area contributed by atoms with Crippen molar-refractivity contribution in [1.29, 1.82) is 10.5 Å². The number of halogens is 9. The molecule has 6 heterocycles. The van der Waals surface area contributed by atoms with Crippen molar-refractivity contribution in [2.75, 3.05) is 37.0 Å². The van der Waals surface area contributed by atoms with Gasteiger partial charge in [-0.05, 0) is 233 Å². The molecule has 0 spiro atoms. The molecule has 0 saturated heterocycles.